The van der Waals surface area contributed by atoms with E-state index in [-0.39, 0.29) is 0 Å². The van der Waals surface area contributed by atoms with Gasteiger partial charge in [-0.3, -0.25) is 28.8 Å². The quantitative estimate of drug-likeness (QED) is 0.151. The molecule has 0 saturated heterocycles. The molecule has 0 aromatic heterocycles. The molecule has 4 N–H and O–H groups in total. The van der Waals surface area contributed by atoms with Gasteiger partial charge in [0.25, 0.3) is 0 Å². The zero-order valence-electron chi connectivity index (χ0n) is 16.1. The van der Waals surface area contributed by atoms with Crippen molar-refractivity contribution in [3.8, 4) is 0 Å². The zero-order valence-corrected chi connectivity index (χ0v) is 16.1. The summed E-state index contributed by atoms with van der Waals surface area (Å²) in [5, 5.41) is 37.0. The number of aliphatic carboxylic acids is 3. The van der Waals surface area contributed by atoms with Gasteiger partial charge in [0, 0.05) is 13.8 Å². The van der Waals surface area contributed by atoms with E-state index < -0.39 is 84.6 Å². The van der Waals surface area contributed by atoms with Crippen LogP contribution in [0.25, 0.3) is 0 Å². The summed E-state index contributed by atoms with van der Waals surface area (Å²) in [6.45, 7) is 1.55. The number of rotatable bonds is 11. The molecule has 0 heterocycles. The first-order valence-electron chi connectivity index (χ1n) is 8.08. The van der Waals surface area contributed by atoms with Gasteiger partial charge in [-0.15, -0.1) is 0 Å². The fourth-order valence-corrected chi connectivity index (χ4v) is 2.15. The monoisotopic (exact) mass is 450 g/mol. The molecule has 0 aliphatic carbocycles. The lowest BCUT2D eigenvalue weighted by atomic mass is 9.93. The Morgan fingerprint density at radius 1 is 0.645 bits per heavy atom. The lowest BCUT2D eigenvalue weighted by molar-refractivity contribution is -0.192. The van der Waals surface area contributed by atoms with Crippen LogP contribution in [0.5, 0.6) is 0 Å². The number of hydrogen-bond acceptors (Lipinski definition) is 12. The molecule has 172 valence electrons. The summed E-state index contributed by atoms with van der Waals surface area (Å²) in [5.74, 6) is -13.6. The van der Waals surface area contributed by atoms with Crippen LogP contribution < -0.4 is 0 Å². The van der Waals surface area contributed by atoms with E-state index >= 15 is 0 Å². The highest BCUT2D eigenvalue weighted by Crippen LogP contribution is 2.27. The Balaban J connectivity index is 5.98. The van der Waals surface area contributed by atoms with Crippen LogP contribution in [0, 0.1) is 0 Å². The molecule has 0 spiro atoms. The number of hydrogen-bond donors (Lipinski definition) is 4. The molecule has 0 radical (unpaired) electrons. The predicted octanol–water partition coefficient (Wildman–Crippen LogP) is -2.01. The van der Waals surface area contributed by atoms with Crippen LogP contribution in [0.2, 0.25) is 0 Å². The lowest BCUT2D eigenvalue weighted by Gasteiger charge is -2.29. The van der Waals surface area contributed by atoms with Gasteiger partial charge in [0.15, 0.2) is 5.60 Å². The van der Waals surface area contributed by atoms with Crippen molar-refractivity contribution in [2.24, 2.45) is 0 Å². The van der Waals surface area contributed by atoms with Gasteiger partial charge in [-0.1, -0.05) is 0 Å². The Hall–Kier alpha value is -3.88. The first-order chi connectivity index (χ1) is 14.0. The van der Waals surface area contributed by atoms with Crippen molar-refractivity contribution in [1.82, 2.24) is 0 Å². The molecule has 15 nitrogen and oxygen atoms in total. The van der Waals surface area contributed by atoms with Crippen LogP contribution in [-0.2, 0) is 52.6 Å². The number of carbonyl (C=O) groups excluding carboxylic acids is 5. The predicted molar refractivity (Wildman–Crippen MR) is 88.7 cm³/mol. The van der Waals surface area contributed by atoms with Gasteiger partial charge < -0.3 is 34.6 Å². The number of esters is 5. The lowest BCUT2D eigenvalue weighted by Crippen LogP contribution is -2.50. The molecule has 0 rings (SSSR count). The molecule has 0 aliphatic rings. The zero-order chi connectivity index (χ0) is 24.6. The van der Waals surface area contributed by atoms with Crippen molar-refractivity contribution < 1.29 is 73.0 Å². The van der Waals surface area contributed by atoms with Gasteiger partial charge >= 0.3 is 47.8 Å². The average Bonchev–Trinajstić information content (AvgIpc) is 2.50. The number of carboxylic acids is 3. The fraction of sp³-hybridized carbons (Fsp3) is 0.500. The number of aliphatic hydroxyl groups is 1. The average molecular weight is 450 g/mol. The molecule has 0 aliphatic heterocycles. The van der Waals surface area contributed by atoms with Crippen molar-refractivity contribution in [2.45, 2.75) is 50.7 Å². The second kappa shape index (κ2) is 10.8. The second-order valence-corrected chi connectivity index (χ2v) is 6.14. The summed E-state index contributed by atoms with van der Waals surface area (Å²) >= 11 is 0. The number of ether oxygens (including phenoxy) is 3. The van der Waals surface area contributed by atoms with E-state index in [0.29, 0.717) is 0 Å². The van der Waals surface area contributed by atoms with E-state index in [1.807, 2.05) is 0 Å². The summed E-state index contributed by atoms with van der Waals surface area (Å²) in [6.07, 6.45) is -6.03. The van der Waals surface area contributed by atoms with E-state index in [9.17, 15) is 48.6 Å². The molecule has 0 aromatic carbocycles. The molecular weight excluding hydrogens is 432 g/mol. The minimum absolute atomic E-state index is 0.773. The smallest absolute Gasteiger partial charge is 0.349 e. The van der Waals surface area contributed by atoms with Crippen LogP contribution in [0.1, 0.15) is 39.5 Å². The number of carbonyl (C=O) groups is 8. The first kappa shape index (κ1) is 27.1. The summed E-state index contributed by atoms with van der Waals surface area (Å²) in [4.78, 5) is 91.0. The topological polar surface area (TPSA) is 245 Å². The molecule has 0 amide bonds. The van der Waals surface area contributed by atoms with Crippen LogP contribution in [0.3, 0.4) is 0 Å². The Kier molecular flexibility index (Phi) is 9.42. The van der Waals surface area contributed by atoms with Gasteiger partial charge in [0.2, 0.25) is 5.60 Å². The van der Waals surface area contributed by atoms with Gasteiger partial charge in [0.1, 0.15) is 0 Å². The summed E-state index contributed by atoms with van der Waals surface area (Å²) in [5.41, 5.74) is -6.38. The van der Waals surface area contributed by atoms with Gasteiger partial charge in [-0.2, -0.15) is 0 Å². The summed E-state index contributed by atoms with van der Waals surface area (Å²) < 4.78 is 12.8. The SMILES string of the molecule is CC(=O)OC(=O)CC(CC(=O)OC(C)=O)(OC(=O)CC(O)(CC(=O)O)C(=O)O)C(=O)O. The minimum atomic E-state index is -3.23. The maximum atomic E-state index is 12.1. The fourth-order valence-electron chi connectivity index (χ4n) is 2.15. The normalized spacial score (nSPS) is 12.6. The van der Waals surface area contributed by atoms with Crippen molar-refractivity contribution in [3.05, 3.63) is 0 Å². The largest absolute Gasteiger partial charge is 0.481 e. The summed E-state index contributed by atoms with van der Waals surface area (Å²) in [6, 6.07) is 0. The molecule has 1 atom stereocenters. The highest BCUT2D eigenvalue weighted by atomic mass is 16.6. The Morgan fingerprint density at radius 2 is 1.06 bits per heavy atom. The van der Waals surface area contributed by atoms with E-state index in [1.165, 1.54) is 0 Å². The molecule has 0 fully saturated rings. The second-order valence-electron chi connectivity index (χ2n) is 6.14. The van der Waals surface area contributed by atoms with Gasteiger partial charge in [-0.05, 0) is 0 Å². The van der Waals surface area contributed by atoms with Crippen LogP contribution in [-0.4, -0.2) is 79.4 Å². The van der Waals surface area contributed by atoms with E-state index in [1.54, 1.807) is 0 Å². The highest BCUT2D eigenvalue weighted by Gasteiger charge is 2.50. The Labute approximate surface area is 172 Å². The highest BCUT2D eigenvalue weighted by molar-refractivity contribution is 5.96. The molecular formula is C16H18O15. The van der Waals surface area contributed by atoms with Crippen molar-refractivity contribution in [1.29, 1.82) is 0 Å². The molecule has 15 heteroatoms. The third kappa shape index (κ3) is 8.99. The maximum Gasteiger partial charge on any atom is 0.349 e. The minimum Gasteiger partial charge on any atom is -0.481 e. The van der Waals surface area contributed by atoms with Crippen LogP contribution in [0.4, 0.5) is 0 Å². The molecule has 1 unspecified atom stereocenters. The Morgan fingerprint density at radius 3 is 1.35 bits per heavy atom. The van der Waals surface area contributed by atoms with Crippen molar-refractivity contribution >= 4 is 47.8 Å². The summed E-state index contributed by atoms with van der Waals surface area (Å²) in [7, 11) is 0. The van der Waals surface area contributed by atoms with E-state index in [0.717, 1.165) is 13.8 Å². The van der Waals surface area contributed by atoms with Gasteiger partial charge in [-0.25, -0.2) is 9.59 Å². The van der Waals surface area contributed by atoms with Crippen molar-refractivity contribution in [2.75, 3.05) is 0 Å². The first-order valence-corrected chi connectivity index (χ1v) is 8.08. The standard InChI is InChI=1S/C16H18O15/c1-7(17)29-10(21)5-16(14(26)27,6-11(22)30-8(2)18)31-12(23)4-15(28,13(24)25)3-9(19)20/h28H,3-6H2,1-2H3,(H,19,20)(H,24,25)(H,26,27). The third-order valence-corrected chi connectivity index (χ3v) is 3.35. The molecule has 0 bridgehead atoms. The number of carboxylic acid groups (broad SMARTS) is 3. The Bertz CT molecular complexity index is 780. The van der Waals surface area contributed by atoms with Gasteiger partial charge in [0.05, 0.1) is 25.7 Å². The third-order valence-electron chi connectivity index (χ3n) is 3.35. The molecule has 31 heavy (non-hydrogen) atoms. The van der Waals surface area contributed by atoms with Crippen molar-refractivity contribution in [3.63, 3.8) is 0 Å². The van der Waals surface area contributed by atoms with Crippen LogP contribution in [0.15, 0.2) is 0 Å². The van der Waals surface area contributed by atoms with Crippen LogP contribution >= 0.6 is 0 Å². The van der Waals surface area contributed by atoms with E-state index in [4.69, 9.17) is 10.2 Å². The maximum absolute atomic E-state index is 12.1. The molecule has 0 saturated carbocycles. The van der Waals surface area contributed by atoms with E-state index in [2.05, 4.69) is 14.2 Å². The molecule has 0 aromatic rings.